The SMILES string of the molecule is CCc1nc2cc(NC(C)=O)cc(C(=O)NCC3COc4ccccc4O3)c2n1Cc1cccnc1. The van der Waals surface area contributed by atoms with Crippen LogP contribution < -0.4 is 20.1 Å². The maximum Gasteiger partial charge on any atom is 0.253 e. The van der Waals surface area contributed by atoms with Crippen LogP contribution in [0.15, 0.2) is 60.9 Å². The van der Waals surface area contributed by atoms with E-state index in [1.807, 2.05) is 47.9 Å². The van der Waals surface area contributed by atoms with Crippen molar-refractivity contribution < 1.29 is 19.1 Å². The summed E-state index contributed by atoms with van der Waals surface area (Å²) in [6.45, 7) is 4.56. The highest BCUT2D eigenvalue weighted by Crippen LogP contribution is 2.31. The first-order valence-corrected chi connectivity index (χ1v) is 11.9. The van der Waals surface area contributed by atoms with Crippen molar-refractivity contribution in [3.05, 3.63) is 77.9 Å². The van der Waals surface area contributed by atoms with Gasteiger partial charge in [-0.2, -0.15) is 0 Å². The Morgan fingerprint density at radius 1 is 1.14 bits per heavy atom. The highest BCUT2D eigenvalue weighted by molar-refractivity contribution is 6.07. The highest BCUT2D eigenvalue weighted by atomic mass is 16.6. The normalized spacial score (nSPS) is 14.4. The Labute approximate surface area is 208 Å². The summed E-state index contributed by atoms with van der Waals surface area (Å²) in [7, 11) is 0. The van der Waals surface area contributed by atoms with Gasteiger partial charge in [0.2, 0.25) is 5.91 Å². The van der Waals surface area contributed by atoms with Crippen molar-refractivity contribution >= 4 is 28.5 Å². The Morgan fingerprint density at radius 3 is 2.72 bits per heavy atom. The molecule has 36 heavy (non-hydrogen) atoms. The predicted molar refractivity (Wildman–Crippen MR) is 135 cm³/mol. The van der Waals surface area contributed by atoms with Gasteiger partial charge in [0.25, 0.3) is 5.91 Å². The zero-order valence-corrected chi connectivity index (χ0v) is 20.2. The molecule has 1 atom stereocenters. The van der Waals surface area contributed by atoms with Crippen LogP contribution in [-0.4, -0.2) is 45.6 Å². The summed E-state index contributed by atoms with van der Waals surface area (Å²) in [6.07, 6.45) is 3.88. The van der Waals surface area contributed by atoms with E-state index < -0.39 is 0 Å². The third-order valence-corrected chi connectivity index (χ3v) is 5.92. The molecule has 0 saturated carbocycles. The van der Waals surface area contributed by atoms with Crippen LogP contribution in [0, 0.1) is 0 Å². The molecule has 1 aliphatic heterocycles. The van der Waals surface area contributed by atoms with E-state index in [-0.39, 0.29) is 24.5 Å². The van der Waals surface area contributed by atoms with Gasteiger partial charge in [-0.05, 0) is 35.9 Å². The van der Waals surface area contributed by atoms with Gasteiger partial charge in [0.1, 0.15) is 18.5 Å². The van der Waals surface area contributed by atoms with E-state index in [0.717, 1.165) is 11.4 Å². The molecule has 9 heteroatoms. The van der Waals surface area contributed by atoms with Crippen LogP contribution >= 0.6 is 0 Å². The fraction of sp³-hybridized carbons (Fsp3) is 0.259. The molecular formula is C27H27N5O4. The van der Waals surface area contributed by atoms with Gasteiger partial charge >= 0.3 is 0 Å². The molecule has 5 rings (SSSR count). The molecule has 0 fully saturated rings. The summed E-state index contributed by atoms with van der Waals surface area (Å²) in [4.78, 5) is 34.3. The minimum Gasteiger partial charge on any atom is -0.486 e. The second-order valence-corrected chi connectivity index (χ2v) is 8.61. The average molecular weight is 486 g/mol. The van der Waals surface area contributed by atoms with Gasteiger partial charge in [-0.15, -0.1) is 0 Å². The first-order valence-electron chi connectivity index (χ1n) is 11.9. The van der Waals surface area contributed by atoms with Gasteiger partial charge in [0.05, 0.1) is 29.7 Å². The number of para-hydroxylation sites is 2. The topological polar surface area (TPSA) is 107 Å². The number of nitrogens with one attached hydrogen (secondary N) is 2. The third kappa shape index (κ3) is 4.86. The molecule has 2 aromatic carbocycles. The number of fused-ring (bicyclic) bond motifs is 2. The molecule has 2 N–H and O–H groups in total. The van der Waals surface area contributed by atoms with E-state index in [4.69, 9.17) is 14.5 Å². The van der Waals surface area contributed by atoms with Gasteiger partial charge < -0.3 is 24.7 Å². The quantitative estimate of drug-likeness (QED) is 0.414. The first-order chi connectivity index (χ1) is 17.5. The second-order valence-electron chi connectivity index (χ2n) is 8.61. The van der Waals surface area contributed by atoms with Crippen LogP contribution in [0.1, 0.15) is 35.6 Å². The number of aryl methyl sites for hydroxylation is 1. The number of hydrogen-bond acceptors (Lipinski definition) is 6. The number of anilines is 1. The Morgan fingerprint density at radius 2 is 1.97 bits per heavy atom. The van der Waals surface area contributed by atoms with E-state index in [9.17, 15) is 9.59 Å². The maximum absolute atomic E-state index is 13.5. The summed E-state index contributed by atoms with van der Waals surface area (Å²) in [5.74, 6) is 1.67. The molecule has 1 aliphatic rings. The van der Waals surface area contributed by atoms with Crippen LogP contribution in [-0.2, 0) is 17.8 Å². The van der Waals surface area contributed by atoms with Gasteiger partial charge in [0.15, 0.2) is 11.5 Å². The lowest BCUT2D eigenvalue weighted by atomic mass is 10.1. The first kappa shape index (κ1) is 23.3. The lowest BCUT2D eigenvalue weighted by Gasteiger charge is -2.26. The van der Waals surface area contributed by atoms with Crippen LogP contribution in [0.25, 0.3) is 11.0 Å². The van der Waals surface area contributed by atoms with Crippen LogP contribution in [0.3, 0.4) is 0 Å². The summed E-state index contributed by atoms with van der Waals surface area (Å²) < 4.78 is 13.8. The maximum atomic E-state index is 13.5. The standard InChI is InChI=1S/C27H27N5O4/c1-3-25-31-22-12-19(30-17(2)33)11-21(26(22)32(25)15-18-7-6-10-28-13-18)27(34)29-14-20-16-35-23-8-4-5-9-24(23)36-20/h4-13,20H,3,14-16H2,1-2H3,(H,29,34)(H,30,33). The monoisotopic (exact) mass is 485 g/mol. The minimum atomic E-state index is -0.329. The zero-order valence-electron chi connectivity index (χ0n) is 20.2. The largest absolute Gasteiger partial charge is 0.486 e. The molecular weight excluding hydrogens is 458 g/mol. The molecule has 0 spiro atoms. The smallest absolute Gasteiger partial charge is 0.253 e. The fourth-order valence-corrected chi connectivity index (χ4v) is 4.34. The number of carbonyl (C=O) groups excluding carboxylic acids is 2. The van der Waals surface area contributed by atoms with Crippen molar-refractivity contribution in [1.82, 2.24) is 19.9 Å². The molecule has 2 aromatic heterocycles. The molecule has 4 aromatic rings. The number of imidazole rings is 1. The molecule has 0 bridgehead atoms. The summed E-state index contributed by atoms with van der Waals surface area (Å²) in [5.41, 5.74) is 3.27. The highest BCUT2D eigenvalue weighted by Gasteiger charge is 2.24. The van der Waals surface area contributed by atoms with Gasteiger partial charge in [-0.3, -0.25) is 14.6 Å². The lowest BCUT2D eigenvalue weighted by molar-refractivity contribution is -0.114. The number of carbonyl (C=O) groups is 2. The van der Waals surface area contributed by atoms with Crippen molar-refractivity contribution in [2.45, 2.75) is 32.9 Å². The molecule has 2 amide bonds. The average Bonchev–Trinajstić information content (AvgIpc) is 3.24. The molecule has 0 aliphatic carbocycles. The lowest BCUT2D eigenvalue weighted by Crippen LogP contribution is -2.40. The van der Waals surface area contributed by atoms with Crippen molar-refractivity contribution in [2.75, 3.05) is 18.5 Å². The van der Waals surface area contributed by atoms with E-state index in [2.05, 4.69) is 15.6 Å². The van der Waals surface area contributed by atoms with E-state index in [1.54, 1.807) is 24.5 Å². The van der Waals surface area contributed by atoms with Gasteiger partial charge in [0, 0.05) is 31.4 Å². The number of pyridine rings is 1. The van der Waals surface area contributed by atoms with Gasteiger partial charge in [-0.1, -0.05) is 25.1 Å². The Kier molecular flexibility index (Phi) is 6.53. The van der Waals surface area contributed by atoms with E-state index in [0.29, 0.717) is 53.4 Å². The van der Waals surface area contributed by atoms with Crippen molar-refractivity contribution in [3.63, 3.8) is 0 Å². The number of aromatic nitrogens is 3. The molecule has 0 radical (unpaired) electrons. The summed E-state index contributed by atoms with van der Waals surface area (Å²) in [6, 6.07) is 14.8. The minimum absolute atomic E-state index is 0.224. The zero-order chi connectivity index (χ0) is 25.1. The van der Waals surface area contributed by atoms with Gasteiger partial charge in [-0.25, -0.2) is 4.98 Å². The van der Waals surface area contributed by atoms with Crippen LogP contribution in [0.2, 0.25) is 0 Å². The number of nitrogens with zero attached hydrogens (tertiary/aromatic N) is 3. The van der Waals surface area contributed by atoms with Crippen molar-refractivity contribution in [1.29, 1.82) is 0 Å². The summed E-state index contributed by atoms with van der Waals surface area (Å²) >= 11 is 0. The Hall–Kier alpha value is -4.40. The molecule has 0 saturated heterocycles. The number of amides is 2. The number of ether oxygens (including phenoxy) is 2. The predicted octanol–water partition coefficient (Wildman–Crippen LogP) is 3.57. The third-order valence-electron chi connectivity index (χ3n) is 5.92. The number of benzene rings is 2. The van der Waals surface area contributed by atoms with Crippen molar-refractivity contribution in [3.8, 4) is 11.5 Å². The van der Waals surface area contributed by atoms with E-state index in [1.165, 1.54) is 6.92 Å². The molecule has 1 unspecified atom stereocenters. The molecule has 9 nitrogen and oxygen atoms in total. The number of rotatable bonds is 7. The molecule has 184 valence electrons. The van der Waals surface area contributed by atoms with Crippen LogP contribution in [0.5, 0.6) is 11.5 Å². The summed E-state index contributed by atoms with van der Waals surface area (Å²) in [5, 5.41) is 5.76. The van der Waals surface area contributed by atoms with Crippen LogP contribution in [0.4, 0.5) is 5.69 Å². The Balaban J connectivity index is 1.47. The van der Waals surface area contributed by atoms with Crippen molar-refractivity contribution in [2.24, 2.45) is 0 Å². The Bertz CT molecular complexity index is 1420. The molecule has 3 heterocycles. The number of hydrogen-bond donors (Lipinski definition) is 2. The second kappa shape index (κ2) is 10.1. The van der Waals surface area contributed by atoms with E-state index >= 15 is 0 Å². The fourth-order valence-electron chi connectivity index (χ4n) is 4.34.